The molecule has 5 nitrogen and oxygen atoms in total. The molecule has 1 N–H and O–H groups in total. The number of nitrogens with zero attached hydrogens (tertiary/aromatic N) is 2. The molecule has 2 saturated heterocycles. The van der Waals surface area contributed by atoms with Gasteiger partial charge in [-0.1, -0.05) is 6.07 Å². The van der Waals surface area contributed by atoms with Crippen LogP contribution < -0.4 is 4.90 Å². The zero-order chi connectivity index (χ0) is 15.9. The van der Waals surface area contributed by atoms with Gasteiger partial charge in [-0.05, 0) is 43.5 Å². The molecule has 2 amide bonds. The zero-order valence-corrected chi connectivity index (χ0v) is 13.1. The maximum Gasteiger partial charge on any atom is 0.239 e. The first-order chi connectivity index (χ1) is 10.5. The Morgan fingerprint density at radius 2 is 1.86 bits per heavy atom. The first-order valence-electron chi connectivity index (χ1n) is 7.79. The van der Waals surface area contributed by atoms with Crippen molar-refractivity contribution in [2.75, 3.05) is 31.1 Å². The molecule has 1 aromatic rings. The van der Waals surface area contributed by atoms with Gasteiger partial charge in [0.25, 0.3) is 0 Å². The summed E-state index contributed by atoms with van der Waals surface area (Å²) in [5, 5.41) is 9.03. The van der Waals surface area contributed by atoms with E-state index >= 15 is 0 Å². The quantitative estimate of drug-likeness (QED) is 0.851. The van der Waals surface area contributed by atoms with E-state index in [1.54, 1.807) is 9.80 Å². The maximum atomic E-state index is 12.6. The summed E-state index contributed by atoms with van der Waals surface area (Å²) < 4.78 is 0. The fourth-order valence-electron chi connectivity index (χ4n) is 3.36. The first kappa shape index (κ1) is 15.0. The highest BCUT2D eigenvalue weighted by atomic mass is 16.3. The molecule has 2 aliphatic heterocycles. The van der Waals surface area contributed by atoms with E-state index in [0.29, 0.717) is 26.1 Å². The number of anilines is 1. The van der Waals surface area contributed by atoms with Crippen LogP contribution in [0.5, 0.6) is 0 Å². The second kappa shape index (κ2) is 5.72. The van der Waals surface area contributed by atoms with E-state index < -0.39 is 5.92 Å². The summed E-state index contributed by atoms with van der Waals surface area (Å²) in [6, 6.07) is 6.05. The minimum Gasteiger partial charge on any atom is -0.396 e. The van der Waals surface area contributed by atoms with Crippen molar-refractivity contribution in [1.82, 2.24) is 4.90 Å². The van der Waals surface area contributed by atoms with E-state index in [1.807, 2.05) is 26.0 Å². The maximum absolute atomic E-state index is 12.6. The van der Waals surface area contributed by atoms with Crippen molar-refractivity contribution in [3.05, 3.63) is 29.3 Å². The van der Waals surface area contributed by atoms with Crippen LogP contribution in [0.25, 0.3) is 0 Å². The third-order valence-corrected chi connectivity index (χ3v) is 4.55. The summed E-state index contributed by atoms with van der Waals surface area (Å²) in [7, 11) is 0. The van der Waals surface area contributed by atoms with Gasteiger partial charge in [-0.3, -0.25) is 9.59 Å². The largest absolute Gasteiger partial charge is 0.396 e. The van der Waals surface area contributed by atoms with Crippen LogP contribution in [-0.2, 0) is 9.59 Å². The van der Waals surface area contributed by atoms with E-state index in [4.69, 9.17) is 5.11 Å². The van der Waals surface area contributed by atoms with Crippen LogP contribution in [0.15, 0.2) is 18.2 Å². The Balaban J connectivity index is 1.71. The monoisotopic (exact) mass is 302 g/mol. The third-order valence-electron chi connectivity index (χ3n) is 4.55. The number of aryl methyl sites for hydroxylation is 2. The second-order valence-corrected chi connectivity index (χ2v) is 6.47. The SMILES string of the molecule is Cc1cc(C)cc(N2CCC(C(=O)N3CC(CO)C3)C2=O)c1. The summed E-state index contributed by atoms with van der Waals surface area (Å²) >= 11 is 0. The molecule has 1 aromatic carbocycles. The highest BCUT2D eigenvalue weighted by Crippen LogP contribution is 2.29. The van der Waals surface area contributed by atoms with E-state index in [0.717, 1.165) is 16.8 Å². The van der Waals surface area contributed by atoms with Gasteiger partial charge in [-0.25, -0.2) is 0 Å². The van der Waals surface area contributed by atoms with Gasteiger partial charge in [0.15, 0.2) is 0 Å². The van der Waals surface area contributed by atoms with E-state index in [1.165, 1.54) is 0 Å². The molecular weight excluding hydrogens is 280 g/mol. The summed E-state index contributed by atoms with van der Waals surface area (Å²) in [6.07, 6.45) is 0.574. The van der Waals surface area contributed by atoms with Gasteiger partial charge in [0.1, 0.15) is 5.92 Å². The molecule has 0 saturated carbocycles. The summed E-state index contributed by atoms with van der Waals surface area (Å²) in [6.45, 7) is 5.86. The molecule has 3 rings (SSSR count). The van der Waals surface area contributed by atoms with Crippen LogP contribution in [0.1, 0.15) is 17.5 Å². The molecule has 2 fully saturated rings. The molecule has 0 bridgehead atoms. The third kappa shape index (κ3) is 2.61. The average Bonchev–Trinajstić information content (AvgIpc) is 2.78. The van der Waals surface area contributed by atoms with Crippen LogP contribution in [-0.4, -0.2) is 48.1 Å². The zero-order valence-electron chi connectivity index (χ0n) is 13.1. The minimum absolute atomic E-state index is 0.0819. The van der Waals surface area contributed by atoms with Crippen molar-refractivity contribution in [2.24, 2.45) is 11.8 Å². The topological polar surface area (TPSA) is 60.9 Å². The number of carbonyl (C=O) groups excluding carboxylic acids is 2. The number of hydrogen-bond acceptors (Lipinski definition) is 3. The number of likely N-dealkylation sites (tertiary alicyclic amines) is 1. The molecule has 1 atom stereocenters. The van der Waals surface area contributed by atoms with Gasteiger partial charge in [0, 0.05) is 37.8 Å². The van der Waals surface area contributed by atoms with E-state index in [2.05, 4.69) is 6.07 Å². The van der Waals surface area contributed by atoms with E-state index in [9.17, 15) is 9.59 Å². The summed E-state index contributed by atoms with van der Waals surface area (Å²) in [5.41, 5.74) is 3.12. The Labute approximate surface area is 130 Å². The number of aliphatic hydroxyl groups is 1. The van der Waals surface area contributed by atoms with Gasteiger partial charge >= 0.3 is 0 Å². The Morgan fingerprint density at radius 1 is 1.23 bits per heavy atom. The molecule has 2 heterocycles. The standard InChI is InChI=1S/C17H22N2O3/c1-11-5-12(2)7-14(6-11)19-4-3-15(17(19)22)16(21)18-8-13(9-18)10-20/h5-7,13,15,20H,3-4,8-10H2,1-2H3. The highest BCUT2D eigenvalue weighted by Gasteiger charge is 2.42. The Bertz CT molecular complexity index is 588. The van der Waals surface area contributed by atoms with Crippen molar-refractivity contribution in [1.29, 1.82) is 0 Å². The lowest BCUT2D eigenvalue weighted by atomic mass is 9.97. The summed E-state index contributed by atoms with van der Waals surface area (Å²) in [5.74, 6) is -0.555. The lowest BCUT2D eigenvalue weighted by Gasteiger charge is -2.39. The first-order valence-corrected chi connectivity index (χ1v) is 7.79. The molecule has 5 heteroatoms. The van der Waals surface area contributed by atoms with Crippen molar-refractivity contribution in [2.45, 2.75) is 20.3 Å². The van der Waals surface area contributed by atoms with Gasteiger partial charge in [-0.2, -0.15) is 0 Å². The average molecular weight is 302 g/mol. The Kier molecular flexibility index (Phi) is 3.91. The highest BCUT2D eigenvalue weighted by molar-refractivity contribution is 6.09. The fourth-order valence-corrected chi connectivity index (χ4v) is 3.36. The second-order valence-electron chi connectivity index (χ2n) is 6.47. The number of aliphatic hydroxyl groups excluding tert-OH is 1. The van der Waals surface area contributed by atoms with Crippen molar-refractivity contribution in [3.63, 3.8) is 0 Å². The number of amides is 2. The van der Waals surface area contributed by atoms with Gasteiger partial charge in [-0.15, -0.1) is 0 Å². The fraction of sp³-hybridized carbons (Fsp3) is 0.529. The molecule has 0 spiro atoms. The number of hydrogen-bond donors (Lipinski definition) is 1. The molecule has 22 heavy (non-hydrogen) atoms. The molecule has 0 radical (unpaired) electrons. The van der Waals surface area contributed by atoms with Gasteiger partial charge in [0.05, 0.1) is 0 Å². The molecule has 0 aliphatic carbocycles. The lowest BCUT2D eigenvalue weighted by molar-refractivity contribution is -0.145. The smallest absolute Gasteiger partial charge is 0.239 e. The Morgan fingerprint density at radius 3 is 2.45 bits per heavy atom. The number of carbonyl (C=O) groups is 2. The molecular formula is C17H22N2O3. The van der Waals surface area contributed by atoms with Crippen LogP contribution in [0.3, 0.4) is 0 Å². The van der Waals surface area contributed by atoms with Crippen molar-refractivity contribution in [3.8, 4) is 0 Å². The van der Waals surface area contributed by atoms with Gasteiger partial charge in [0.2, 0.25) is 11.8 Å². The van der Waals surface area contributed by atoms with Crippen molar-refractivity contribution < 1.29 is 14.7 Å². The number of rotatable bonds is 3. The van der Waals surface area contributed by atoms with E-state index in [-0.39, 0.29) is 24.3 Å². The molecule has 2 aliphatic rings. The van der Waals surface area contributed by atoms with Crippen LogP contribution in [0, 0.1) is 25.7 Å². The molecule has 1 unspecified atom stereocenters. The predicted molar refractivity (Wildman–Crippen MR) is 83.5 cm³/mol. The normalized spacial score (nSPS) is 22.1. The van der Waals surface area contributed by atoms with Crippen LogP contribution >= 0.6 is 0 Å². The van der Waals surface area contributed by atoms with Crippen LogP contribution in [0.4, 0.5) is 5.69 Å². The lowest BCUT2D eigenvalue weighted by Crippen LogP contribution is -2.54. The molecule has 0 aromatic heterocycles. The summed E-state index contributed by atoms with van der Waals surface area (Å²) in [4.78, 5) is 28.4. The molecule has 118 valence electrons. The number of benzene rings is 1. The minimum atomic E-state index is -0.555. The predicted octanol–water partition coefficient (Wildman–Crippen LogP) is 1.11. The van der Waals surface area contributed by atoms with Crippen molar-refractivity contribution >= 4 is 17.5 Å². The Hall–Kier alpha value is -1.88. The van der Waals surface area contributed by atoms with Gasteiger partial charge < -0.3 is 14.9 Å². The van der Waals surface area contributed by atoms with Crippen LogP contribution in [0.2, 0.25) is 0 Å².